The van der Waals surface area contributed by atoms with Crippen LogP contribution in [-0.4, -0.2) is 33.5 Å². The summed E-state index contributed by atoms with van der Waals surface area (Å²) in [5, 5.41) is 21.9. The standard InChI is InChI=1S/C27H42O4/c1-5-23(29)24(30)7-6-12-27(31)14-11-21-20-9-8-18-16-19(28)15-17(2)26(18,4)22(20)10-13-25(21,27)3/h16-17,20-22,24,30-31H,5-15H2,1-4H3/t17?,20-,21-,22+,24?,25-,26-,27?/m0/s1. The highest BCUT2D eigenvalue weighted by atomic mass is 16.3. The van der Waals surface area contributed by atoms with Crippen molar-refractivity contribution in [3.63, 3.8) is 0 Å². The molecule has 8 atom stereocenters. The fourth-order valence-electron chi connectivity index (χ4n) is 8.45. The Labute approximate surface area is 187 Å². The summed E-state index contributed by atoms with van der Waals surface area (Å²) in [5.41, 5.74) is 0.745. The van der Waals surface area contributed by atoms with E-state index in [1.165, 1.54) is 5.57 Å². The third-order valence-corrected chi connectivity index (χ3v) is 10.6. The van der Waals surface area contributed by atoms with Crippen LogP contribution in [-0.2, 0) is 9.59 Å². The van der Waals surface area contributed by atoms with Crippen LogP contribution >= 0.6 is 0 Å². The summed E-state index contributed by atoms with van der Waals surface area (Å²) in [4.78, 5) is 23.9. The molecule has 4 heteroatoms. The molecule has 4 nitrogen and oxygen atoms in total. The van der Waals surface area contributed by atoms with Crippen molar-refractivity contribution in [1.82, 2.24) is 0 Å². The Balaban J connectivity index is 1.50. The average molecular weight is 431 g/mol. The molecule has 3 unspecified atom stereocenters. The molecule has 174 valence electrons. The third-order valence-electron chi connectivity index (χ3n) is 10.6. The first-order valence-corrected chi connectivity index (χ1v) is 12.7. The fourth-order valence-corrected chi connectivity index (χ4v) is 8.45. The fraction of sp³-hybridized carbons (Fsp3) is 0.852. The summed E-state index contributed by atoms with van der Waals surface area (Å²) in [6.07, 6.45) is 10.2. The van der Waals surface area contributed by atoms with Gasteiger partial charge in [-0.15, -0.1) is 0 Å². The van der Waals surface area contributed by atoms with Crippen molar-refractivity contribution < 1.29 is 19.8 Å². The number of rotatable bonds is 6. The molecule has 2 N–H and O–H groups in total. The minimum atomic E-state index is -0.881. The third kappa shape index (κ3) is 3.47. The molecule has 0 amide bonds. The van der Waals surface area contributed by atoms with Gasteiger partial charge in [0.1, 0.15) is 6.10 Å². The molecular weight excluding hydrogens is 388 g/mol. The summed E-state index contributed by atoms with van der Waals surface area (Å²) in [6, 6.07) is 0. The van der Waals surface area contributed by atoms with Crippen LogP contribution < -0.4 is 0 Å². The zero-order chi connectivity index (χ0) is 22.6. The van der Waals surface area contributed by atoms with Gasteiger partial charge in [0.15, 0.2) is 11.6 Å². The number of aliphatic hydroxyl groups is 2. The topological polar surface area (TPSA) is 74.6 Å². The molecule has 0 bridgehead atoms. The maximum atomic E-state index is 12.2. The predicted molar refractivity (Wildman–Crippen MR) is 121 cm³/mol. The van der Waals surface area contributed by atoms with Gasteiger partial charge in [0.2, 0.25) is 0 Å². The van der Waals surface area contributed by atoms with E-state index in [9.17, 15) is 19.8 Å². The SMILES string of the molecule is CCC(=O)C(O)CCCC1(O)CC[C@H]2[C@@H]3CCC4=CC(=O)CC(C)[C@]4(C)[C@@H]3CC[C@@]21C. The molecular formula is C27H42O4. The number of carbonyl (C=O) groups excluding carboxylic acids is 2. The molecule has 0 aromatic carbocycles. The first kappa shape index (κ1) is 23.2. The molecule has 31 heavy (non-hydrogen) atoms. The van der Waals surface area contributed by atoms with Crippen LogP contribution in [0.1, 0.15) is 98.3 Å². The Morgan fingerprint density at radius 2 is 1.90 bits per heavy atom. The second kappa shape index (κ2) is 8.09. The van der Waals surface area contributed by atoms with Crippen molar-refractivity contribution in [3.8, 4) is 0 Å². The number of fused-ring (bicyclic) bond motifs is 5. The van der Waals surface area contributed by atoms with Crippen molar-refractivity contribution in [1.29, 1.82) is 0 Å². The van der Waals surface area contributed by atoms with Gasteiger partial charge < -0.3 is 10.2 Å². The van der Waals surface area contributed by atoms with Crippen molar-refractivity contribution in [3.05, 3.63) is 11.6 Å². The van der Waals surface area contributed by atoms with Gasteiger partial charge in [0.25, 0.3) is 0 Å². The van der Waals surface area contributed by atoms with E-state index in [-0.39, 0.29) is 16.6 Å². The smallest absolute Gasteiger partial charge is 0.160 e. The maximum Gasteiger partial charge on any atom is 0.160 e. The number of allylic oxidation sites excluding steroid dienone is 1. The summed E-state index contributed by atoms with van der Waals surface area (Å²) < 4.78 is 0. The maximum absolute atomic E-state index is 12.2. The van der Waals surface area contributed by atoms with Crippen molar-refractivity contribution in [2.24, 2.45) is 34.5 Å². The van der Waals surface area contributed by atoms with Gasteiger partial charge in [0.05, 0.1) is 5.60 Å². The minimum absolute atomic E-state index is 0.0841. The molecule has 4 aliphatic carbocycles. The number of hydrogen-bond acceptors (Lipinski definition) is 4. The first-order chi connectivity index (χ1) is 14.6. The molecule has 0 aromatic heterocycles. The van der Waals surface area contributed by atoms with Gasteiger partial charge in [-0.2, -0.15) is 0 Å². The van der Waals surface area contributed by atoms with Crippen LogP contribution in [0.2, 0.25) is 0 Å². The first-order valence-electron chi connectivity index (χ1n) is 12.7. The lowest BCUT2D eigenvalue weighted by atomic mass is 9.44. The van der Waals surface area contributed by atoms with E-state index in [2.05, 4.69) is 20.8 Å². The number of ketones is 2. The van der Waals surface area contributed by atoms with Crippen LogP contribution in [0.15, 0.2) is 11.6 Å². The monoisotopic (exact) mass is 430 g/mol. The average Bonchev–Trinajstić information content (AvgIpc) is 2.99. The van der Waals surface area contributed by atoms with Gasteiger partial charge in [-0.25, -0.2) is 0 Å². The molecule has 3 saturated carbocycles. The van der Waals surface area contributed by atoms with Gasteiger partial charge in [-0.3, -0.25) is 9.59 Å². The normalized spacial score (nSPS) is 45.4. The van der Waals surface area contributed by atoms with Gasteiger partial charge >= 0.3 is 0 Å². The largest absolute Gasteiger partial charge is 0.389 e. The lowest BCUT2D eigenvalue weighted by Gasteiger charge is -2.60. The number of Topliss-reactive ketones (excluding diaryl/α,β-unsaturated/α-hetero) is 1. The van der Waals surface area contributed by atoms with E-state index in [0.29, 0.717) is 61.6 Å². The van der Waals surface area contributed by atoms with E-state index in [0.717, 1.165) is 38.5 Å². The number of aliphatic hydroxyl groups excluding tert-OH is 1. The van der Waals surface area contributed by atoms with Crippen LogP contribution in [0.4, 0.5) is 0 Å². The van der Waals surface area contributed by atoms with Crippen LogP contribution in [0.5, 0.6) is 0 Å². The van der Waals surface area contributed by atoms with Crippen LogP contribution in [0.3, 0.4) is 0 Å². The Morgan fingerprint density at radius 1 is 1.19 bits per heavy atom. The highest BCUT2D eigenvalue weighted by Gasteiger charge is 2.64. The molecule has 4 aliphatic rings. The molecule has 0 saturated heterocycles. The van der Waals surface area contributed by atoms with Crippen LogP contribution in [0, 0.1) is 34.5 Å². The highest BCUT2D eigenvalue weighted by molar-refractivity contribution is 5.92. The number of hydrogen-bond donors (Lipinski definition) is 2. The van der Waals surface area contributed by atoms with Crippen molar-refractivity contribution >= 4 is 11.6 Å². The van der Waals surface area contributed by atoms with Gasteiger partial charge in [0, 0.05) is 12.8 Å². The van der Waals surface area contributed by atoms with Gasteiger partial charge in [-0.1, -0.05) is 33.3 Å². The number of carbonyl (C=O) groups is 2. The zero-order valence-corrected chi connectivity index (χ0v) is 20.0. The second-order valence-electron chi connectivity index (χ2n) is 11.7. The van der Waals surface area contributed by atoms with E-state index in [1.54, 1.807) is 6.92 Å². The molecule has 3 fully saturated rings. The lowest BCUT2D eigenvalue weighted by molar-refractivity contribution is -0.139. The minimum Gasteiger partial charge on any atom is -0.389 e. The Kier molecular flexibility index (Phi) is 6.05. The second-order valence-corrected chi connectivity index (χ2v) is 11.7. The molecule has 4 rings (SSSR count). The zero-order valence-electron chi connectivity index (χ0n) is 20.0. The van der Waals surface area contributed by atoms with Crippen molar-refractivity contribution in [2.75, 3.05) is 0 Å². The summed E-state index contributed by atoms with van der Waals surface area (Å²) in [6.45, 7) is 8.79. The van der Waals surface area contributed by atoms with E-state index in [4.69, 9.17) is 0 Å². The quantitative estimate of drug-likeness (QED) is 0.621. The molecule has 0 heterocycles. The van der Waals surface area contributed by atoms with Crippen LogP contribution in [0.25, 0.3) is 0 Å². The highest BCUT2D eigenvalue weighted by Crippen LogP contribution is 2.68. The Morgan fingerprint density at radius 3 is 2.61 bits per heavy atom. The predicted octanol–water partition coefficient (Wildman–Crippen LogP) is 5.01. The summed E-state index contributed by atoms with van der Waals surface area (Å²) in [5.74, 6) is 2.37. The molecule has 0 spiro atoms. The van der Waals surface area contributed by atoms with Gasteiger partial charge in [-0.05, 0) is 98.4 Å². The summed E-state index contributed by atoms with van der Waals surface area (Å²) >= 11 is 0. The lowest BCUT2D eigenvalue weighted by Crippen LogP contribution is -2.56. The van der Waals surface area contributed by atoms with Crippen molar-refractivity contribution in [2.45, 2.75) is 110 Å². The molecule has 0 aliphatic heterocycles. The molecule has 0 radical (unpaired) electrons. The summed E-state index contributed by atoms with van der Waals surface area (Å²) in [7, 11) is 0. The van der Waals surface area contributed by atoms with E-state index < -0.39 is 11.7 Å². The Bertz CT molecular complexity index is 771. The molecule has 0 aromatic rings. The van der Waals surface area contributed by atoms with E-state index in [1.807, 2.05) is 6.08 Å². The Hall–Kier alpha value is -1.00. The van der Waals surface area contributed by atoms with E-state index >= 15 is 0 Å².